The molecule has 0 aliphatic heterocycles. The lowest BCUT2D eigenvalue weighted by Gasteiger charge is -2.08. The van der Waals surface area contributed by atoms with Crippen LogP contribution in [0.25, 0.3) is 0 Å². The number of rotatable bonds is 4. The lowest BCUT2D eigenvalue weighted by Crippen LogP contribution is -1.95. The highest BCUT2D eigenvalue weighted by Gasteiger charge is 2.17. The Kier molecular flexibility index (Phi) is 3.95. The maximum absolute atomic E-state index is 9.40. The normalized spacial score (nSPS) is 13.0. The zero-order chi connectivity index (χ0) is 13.9. The first-order valence-corrected chi connectivity index (χ1v) is 8.53. The van der Waals surface area contributed by atoms with Crippen molar-refractivity contribution < 1.29 is 0 Å². The monoisotopic (exact) mass is 301 g/mol. The van der Waals surface area contributed by atoms with Gasteiger partial charge in [0, 0.05) is 9.77 Å². The van der Waals surface area contributed by atoms with E-state index in [9.17, 15) is 5.26 Å². The molecular formula is C15H15N3S2. The Morgan fingerprint density at radius 2 is 2.35 bits per heavy atom. The Morgan fingerprint density at radius 1 is 1.45 bits per heavy atom. The van der Waals surface area contributed by atoms with E-state index in [-0.39, 0.29) is 0 Å². The molecule has 0 unspecified atom stereocenters. The number of nitrogens with zero attached hydrogens (tertiary/aromatic N) is 2. The second-order valence-electron chi connectivity index (χ2n) is 4.59. The molecule has 0 spiro atoms. The second kappa shape index (κ2) is 5.86. The van der Waals surface area contributed by atoms with Crippen LogP contribution in [0.3, 0.4) is 0 Å². The average Bonchev–Trinajstić information content (AvgIpc) is 3.00. The van der Waals surface area contributed by atoms with Crippen LogP contribution >= 0.6 is 23.1 Å². The highest BCUT2D eigenvalue weighted by atomic mass is 32.2. The number of nitrogens with one attached hydrogen (secondary N) is 1. The van der Waals surface area contributed by atoms with E-state index < -0.39 is 0 Å². The third-order valence-electron chi connectivity index (χ3n) is 3.28. The molecule has 0 atom stereocenters. The molecule has 1 N–H and O–H groups in total. The average molecular weight is 301 g/mol. The summed E-state index contributed by atoms with van der Waals surface area (Å²) in [7, 11) is 0. The van der Waals surface area contributed by atoms with Crippen molar-refractivity contribution >= 4 is 33.9 Å². The van der Waals surface area contributed by atoms with E-state index in [0.717, 1.165) is 39.9 Å². The third kappa shape index (κ3) is 2.54. The van der Waals surface area contributed by atoms with Crippen LogP contribution in [0.2, 0.25) is 0 Å². The smallest absolute Gasteiger partial charge is 0.187 e. The van der Waals surface area contributed by atoms with E-state index in [0.29, 0.717) is 0 Å². The van der Waals surface area contributed by atoms with Crippen LogP contribution in [0.15, 0.2) is 23.1 Å². The number of fused-ring (bicyclic) bond motifs is 1. The topological polar surface area (TPSA) is 48.7 Å². The zero-order valence-electron chi connectivity index (χ0n) is 11.3. The third-order valence-corrected chi connectivity index (χ3v) is 5.29. The van der Waals surface area contributed by atoms with Gasteiger partial charge in [-0.3, -0.25) is 0 Å². The lowest BCUT2D eigenvalue weighted by atomic mass is 10.2. The molecule has 20 heavy (non-hydrogen) atoms. The molecule has 5 heteroatoms. The van der Waals surface area contributed by atoms with Gasteiger partial charge in [0.1, 0.15) is 6.07 Å². The van der Waals surface area contributed by atoms with Gasteiger partial charge in [0.15, 0.2) is 5.13 Å². The molecule has 0 fully saturated rings. The van der Waals surface area contributed by atoms with Gasteiger partial charge in [-0.05, 0) is 37.1 Å². The molecule has 3 nitrogen and oxygen atoms in total. The van der Waals surface area contributed by atoms with Gasteiger partial charge in [-0.2, -0.15) is 5.26 Å². The number of aryl methyl sites for hydroxylation is 2. The van der Waals surface area contributed by atoms with E-state index in [2.05, 4.69) is 23.3 Å². The molecule has 2 aromatic rings. The fourth-order valence-corrected chi connectivity index (χ4v) is 4.23. The van der Waals surface area contributed by atoms with Gasteiger partial charge in [0.05, 0.1) is 16.9 Å². The number of anilines is 2. The Hall–Kier alpha value is -1.51. The molecule has 0 bridgehead atoms. The molecule has 0 amide bonds. The molecule has 1 aliphatic rings. The van der Waals surface area contributed by atoms with E-state index >= 15 is 0 Å². The van der Waals surface area contributed by atoms with Crippen molar-refractivity contribution in [3.05, 3.63) is 34.3 Å². The van der Waals surface area contributed by atoms with Crippen molar-refractivity contribution in [2.24, 2.45) is 0 Å². The van der Waals surface area contributed by atoms with Crippen molar-refractivity contribution in [3.63, 3.8) is 0 Å². The first kappa shape index (κ1) is 13.5. The van der Waals surface area contributed by atoms with Crippen LogP contribution < -0.4 is 5.32 Å². The number of thioether (sulfide) groups is 1. The summed E-state index contributed by atoms with van der Waals surface area (Å²) in [5.41, 5.74) is 2.81. The van der Waals surface area contributed by atoms with Gasteiger partial charge in [0.25, 0.3) is 0 Å². The maximum atomic E-state index is 9.40. The summed E-state index contributed by atoms with van der Waals surface area (Å²) in [6.07, 6.45) is 3.45. The minimum atomic E-state index is 0.717. The number of hydrogen-bond acceptors (Lipinski definition) is 5. The molecule has 1 aromatic carbocycles. The van der Waals surface area contributed by atoms with Crippen LogP contribution in [0.5, 0.6) is 0 Å². The van der Waals surface area contributed by atoms with E-state index in [4.69, 9.17) is 0 Å². The van der Waals surface area contributed by atoms with Crippen LogP contribution in [-0.4, -0.2) is 10.7 Å². The highest BCUT2D eigenvalue weighted by Crippen LogP contribution is 2.34. The Bertz CT molecular complexity index is 649. The van der Waals surface area contributed by atoms with E-state index in [1.807, 2.05) is 18.2 Å². The zero-order valence-corrected chi connectivity index (χ0v) is 12.9. The Labute approximate surface area is 127 Å². The van der Waals surface area contributed by atoms with Gasteiger partial charge < -0.3 is 5.32 Å². The molecule has 0 radical (unpaired) electrons. The van der Waals surface area contributed by atoms with Gasteiger partial charge in [-0.15, -0.1) is 23.1 Å². The summed E-state index contributed by atoms with van der Waals surface area (Å²) in [6, 6.07) is 8.25. The van der Waals surface area contributed by atoms with E-state index in [1.54, 1.807) is 23.1 Å². The first-order valence-electron chi connectivity index (χ1n) is 6.73. The van der Waals surface area contributed by atoms with Crippen LogP contribution in [0, 0.1) is 11.3 Å². The summed E-state index contributed by atoms with van der Waals surface area (Å²) < 4.78 is 0. The van der Waals surface area contributed by atoms with E-state index in [1.165, 1.54) is 17.0 Å². The summed E-state index contributed by atoms with van der Waals surface area (Å²) in [4.78, 5) is 7.05. The van der Waals surface area contributed by atoms with Crippen LogP contribution in [0.4, 0.5) is 10.8 Å². The maximum Gasteiger partial charge on any atom is 0.187 e. The standard InChI is InChI=1S/C15H15N3S2/c1-2-19-13-7-3-5-11(10(13)9-16)17-15-18-12-6-4-8-14(12)20-15/h3,5,7H,2,4,6,8H2,1H3,(H,17,18). The van der Waals surface area contributed by atoms with Gasteiger partial charge in [-0.25, -0.2) is 4.98 Å². The number of aromatic nitrogens is 1. The van der Waals surface area contributed by atoms with Crippen molar-refractivity contribution in [1.29, 1.82) is 5.26 Å². The molecule has 1 heterocycles. The molecule has 1 aliphatic carbocycles. The van der Waals surface area contributed by atoms with Crippen molar-refractivity contribution in [1.82, 2.24) is 4.98 Å². The Balaban J connectivity index is 1.90. The summed E-state index contributed by atoms with van der Waals surface area (Å²) in [6.45, 7) is 2.09. The minimum absolute atomic E-state index is 0.717. The van der Waals surface area contributed by atoms with Crippen LogP contribution in [0.1, 0.15) is 29.5 Å². The predicted molar refractivity (Wildman–Crippen MR) is 85.0 cm³/mol. The Morgan fingerprint density at radius 3 is 3.10 bits per heavy atom. The number of benzene rings is 1. The highest BCUT2D eigenvalue weighted by molar-refractivity contribution is 7.99. The largest absolute Gasteiger partial charge is 0.330 e. The quantitative estimate of drug-likeness (QED) is 0.852. The molecule has 0 saturated heterocycles. The van der Waals surface area contributed by atoms with Gasteiger partial charge in [0.2, 0.25) is 0 Å². The molecule has 3 rings (SSSR count). The number of thiazole rings is 1. The van der Waals surface area contributed by atoms with Crippen molar-refractivity contribution in [3.8, 4) is 6.07 Å². The van der Waals surface area contributed by atoms with Gasteiger partial charge >= 0.3 is 0 Å². The summed E-state index contributed by atoms with van der Waals surface area (Å²) in [5, 5.41) is 13.6. The first-order chi connectivity index (χ1) is 9.81. The fraction of sp³-hybridized carbons (Fsp3) is 0.333. The SMILES string of the molecule is CCSc1cccc(Nc2nc3c(s2)CCC3)c1C#N. The van der Waals surface area contributed by atoms with Crippen molar-refractivity contribution in [2.45, 2.75) is 31.1 Å². The number of hydrogen-bond donors (Lipinski definition) is 1. The van der Waals surface area contributed by atoms with Gasteiger partial charge in [-0.1, -0.05) is 13.0 Å². The summed E-state index contributed by atoms with van der Waals surface area (Å²) >= 11 is 3.41. The summed E-state index contributed by atoms with van der Waals surface area (Å²) in [5.74, 6) is 0.962. The van der Waals surface area contributed by atoms with Crippen LogP contribution in [-0.2, 0) is 12.8 Å². The molecule has 0 saturated carbocycles. The molecule has 102 valence electrons. The molecular weight excluding hydrogens is 286 g/mol. The second-order valence-corrected chi connectivity index (χ2v) is 6.98. The van der Waals surface area contributed by atoms with Crippen molar-refractivity contribution in [2.75, 3.05) is 11.1 Å². The predicted octanol–water partition coefficient (Wildman–Crippen LogP) is 4.36. The minimum Gasteiger partial charge on any atom is -0.330 e. The number of nitriles is 1. The lowest BCUT2D eigenvalue weighted by molar-refractivity contribution is 0.900. The fourth-order valence-electron chi connectivity index (χ4n) is 2.39. The molecule has 1 aromatic heterocycles.